The Labute approximate surface area is 174 Å². The molecule has 0 saturated carbocycles. The maximum atomic E-state index is 13.1. The summed E-state index contributed by atoms with van der Waals surface area (Å²) in [7, 11) is 0. The van der Waals surface area contributed by atoms with Crippen LogP contribution in [0.2, 0.25) is 5.02 Å². The van der Waals surface area contributed by atoms with E-state index in [0.717, 1.165) is 42.1 Å². The van der Waals surface area contributed by atoms with Gasteiger partial charge in [-0.05, 0) is 29.8 Å². The number of nitrogens with zero attached hydrogens (tertiary/aromatic N) is 2. The van der Waals surface area contributed by atoms with Crippen LogP contribution in [-0.4, -0.2) is 42.2 Å². The summed E-state index contributed by atoms with van der Waals surface area (Å²) in [5, 5.41) is 6.85. The first-order valence-electron chi connectivity index (χ1n) is 9.83. The molecular formula is C21H24ClN4O3+. The first-order chi connectivity index (χ1) is 14.0. The number of primary amides is 1. The quantitative estimate of drug-likeness (QED) is 0.772. The number of hydrogen-bond acceptors (Lipinski definition) is 4. The molecule has 4 rings (SSSR count). The predicted molar refractivity (Wildman–Crippen MR) is 108 cm³/mol. The van der Waals surface area contributed by atoms with Crippen LogP contribution in [0.5, 0.6) is 0 Å². The van der Waals surface area contributed by atoms with Gasteiger partial charge in [0.2, 0.25) is 5.91 Å². The van der Waals surface area contributed by atoms with Crippen LogP contribution in [0.3, 0.4) is 0 Å². The summed E-state index contributed by atoms with van der Waals surface area (Å²) in [6.45, 7) is 1.85. The molecule has 1 aromatic carbocycles. The highest BCUT2D eigenvalue weighted by molar-refractivity contribution is 6.30. The molecule has 0 radical (unpaired) electrons. The zero-order valence-corrected chi connectivity index (χ0v) is 16.8. The summed E-state index contributed by atoms with van der Waals surface area (Å²) < 4.78 is 5.59. The van der Waals surface area contributed by atoms with Crippen molar-refractivity contribution >= 4 is 29.1 Å². The zero-order chi connectivity index (χ0) is 20.4. The van der Waals surface area contributed by atoms with Crippen molar-refractivity contribution < 1.29 is 18.9 Å². The SMILES string of the molecule is NC(=O)C1CC[NH+](CC(=O)N2N=C(c3ccc(Cl)cc3)C[C@@H]2c2ccco2)CC1. The lowest BCUT2D eigenvalue weighted by molar-refractivity contribution is -0.898. The van der Waals surface area contributed by atoms with Gasteiger partial charge in [0.25, 0.3) is 5.91 Å². The van der Waals surface area contributed by atoms with Crippen molar-refractivity contribution in [3.05, 3.63) is 59.0 Å². The van der Waals surface area contributed by atoms with Crippen molar-refractivity contribution in [3.8, 4) is 0 Å². The van der Waals surface area contributed by atoms with Crippen LogP contribution in [0.4, 0.5) is 0 Å². The molecule has 29 heavy (non-hydrogen) atoms. The molecule has 8 heteroatoms. The van der Waals surface area contributed by atoms with E-state index in [4.69, 9.17) is 21.8 Å². The van der Waals surface area contributed by atoms with Gasteiger partial charge in [0.05, 0.1) is 25.1 Å². The number of rotatable bonds is 5. The molecule has 0 aliphatic carbocycles. The number of carbonyl (C=O) groups excluding carboxylic acids is 2. The van der Waals surface area contributed by atoms with Crippen LogP contribution in [-0.2, 0) is 9.59 Å². The number of carbonyl (C=O) groups is 2. The van der Waals surface area contributed by atoms with E-state index in [1.807, 2.05) is 36.4 Å². The molecule has 2 aromatic rings. The van der Waals surface area contributed by atoms with Crippen LogP contribution >= 0.6 is 11.6 Å². The summed E-state index contributed by atoms with van der Waals surface area (Å²) in [6.07, 6.45) is 3.63. The summed E-state index contributed by atoms with van der Waals surface area (Å²) >= 11 is 5.99. The molecule has 7 nitrogen and oxygen atoms in total. The molecule has 0 spiro atoms. The number of piperidine rings is 1. The van der Waals surface area contributed by atoms with E-state index >= 15 is 0 Å². The molecule has 0 bridgehead atoms. The summed E-state index contributed by atoms with van der Waals surface area (Å²) in [6, 6.07) is 10.9. The Bertz CT molecular complexity index is 903. The molecule has 1 fully saturated rings. The van der Waals surface area contributed by atoms with Gasteiger partial charge in [0, 0.05) is 30.2 Å². The normalized spacial score (nSPS) is 24.4. The number of likely N-dealkylation sites (tertiary alicyclic amines) is 1. The molecule has 2 amide bonds. The maximum Gasteiger partial charge on any atom is 0.298 e. The molecule has 3 N–H and O–H groups in total. The lowest BCUT2D eigenvalue weighted by Crippen LogP contribution is -3.14. The third-order valence-electron chi connectivity index (χ3n) is 5.71. The van der Waals surface area contributed by atoms with Crippen LogP contribution < -0.4 is 10.6 Å². The van der Waals surface area contributed by atoms with E-state index in [-0.39, 0.29) is 23.8 Å². The van der Waals surface area contributed by atoms with Crippen molar-refractivity contribution in [2.75, 3.05) is 19.6 Å². The van der Waals surface area contributed by atoms with Gasteiger partial charge in [0.15, 0.2) is 6.54 Å². The first kappa shape index (κ1) is 19.7. The van der Waals surface area contributed by atoms with Gasteiger partial charge in [-0.2, -0.15) is 5.10 Å². The van der Waals surface area contributed by atoms with Gasteiger partial charge in [-0.15, -0.1) is 0 Å². The Kier molecular flexibility index (Phi) is 5.69. The van der Waals surface area contributed by atoms with Crippen LogP contribution in [0, 0.1) is 5.92 Å². The fraction of sp³-hybridized carbons (Fsp3) is 0.381. The molecule has 2 aliphatic heterocycles. The third-order valence-corrected chi connectivity index (χ3v) is 5.96. The molecule has 3 heterocycles. The minimum atomic E-state index is -0.259. The fourth-order valence-corrected chi connectivity index (χ4v) is 4.17. The van der Waals surface area contributed by atoms with Crippen molar-refractivity contribution in [2.24, 2.45) is 16.8 Å². The van der Waals surface area contributed by atoms with E-state index < -0.39 is 0 Å². The topological polar surface area (TPSA) is 93.3 Å². The van der Waals surface area contributed by atoms with Gasteiger partial charge in [-0.3, -0.25) is 9.59 Å². The summed E-state index contributed by atoms with van der Waals surface area (Å²) in [4.78, 5) is 25.6. The van der Waals surface area contributed by atoms with Crippen LogP contribution in [0.25, 0.3) is 0 Å². The predicted octanol–water partition coefficient (Wildman–Crippen LogP) is 1.39. The zero-order valence-electron chi connectivity index (χ0n) is 16.0. The lowest BCUT2D eigenvalue weighted by atomic mass is 9.96. The largest absolute Gasteiger partial charge is 0.467 e. The van der Waals surface area contributed by atoms with E-state index in [1.54, 1.807) is 11.3 Å². The molecule has 0 unspecified atom stereocenters. The number of hydrogen-bond donors (Lipinski definition) is 2. The number of furan rings is 1. The number of nitrogens with two attached hydrogens (primary N) is 1. The van der Waals surface area contributed by atoms with Crippen molar-refractivity contribution in [3.63, 3.8) is 0 Å². The Morgan fingerprint density at radius 2 is 1.93 bits per heavy atom. The van der Waals surface area contributed by atoms with E-state index in [1.165, 1.54) is 0 Å². The van der Waals surface area contributed by atoms with E-state index in [0.29, 0.717) is 23.7 Å². The second-order valence-corrected chi connectivity index (χ2v) is 8.07. The highest BCUT2D eigenvalue weighted by Gasteiger charge is 2.37. The summed E-state index contributed by atoms with van der Waals surface area (Å²) in [5.41, 5.74) is 7.18. The van der Waals surface area contributed by atoms with E-state index in [9.17, 15) is 9.59 Å². The Hall–Kier alpha value is -2.64. The van der Waals surface area contributed by atoms with Crippen LogP contribution in [0.1, 0.15) is 36.6 Å². The monoisotopic (exact) mass is 415 g/mol. The molecule has 2 aliphatic rings. The van der Waals surface area contributed by atoms with Gasteiger partial charge in [0.1, 0.15) is 11.8 Å². The van der Waals surface area contributed by atoms with E-state index in [2.05, 4.69) is 5.10 Å². The van der Waals surface area contributed by atoms with Crippen molar-refractivity contribution in [2.45, 2.75) is 25.3 Å². The minimum absolute atomic E-state index is 0.0529. The molecular weight excluding hydrogens is 392 g/mol. The number of hydrazone groups is 1. The first-order valence-corrected chi connectivity index (χ1v) is 10.2. The molecule has 152 valence electrons. The number of quaternary nitrogens is 1. The smallest absolute Gasteiger partial charge is 0.298 e. The highest BCUT2D eigenvalue weighted by atomic mass is 35.5. The Morgan fingerprint density at radius 1 is 1.21 bits per heavy atom. The molecule has 1 atom stereocenters. The van der Waals surface area contributed by atoms with Gasteiger partial charge < -0.3 is 15.1 Å². The Balaban J connectivity index is 1.49. The van der Waals surface area contributed by atoms with Crippen molar-refractivity contribution in [1.82, 2.24) is 5.01 Å². The number of benzene rings is 1. The number of nitrogens with one attached hydrogen (secondary N) is 1. The highest BCUT2D eigenvalue weighted by Crippen LogP contribution is 2.33. The van der Waals surface area contributed by atoms with Gasteiger partial charge in [-0.1, -0.05) is 23.7 Å². The van der Waals surface area contributed by atoms with Gasteiger partial charge >= 0.3 is 0 Å². The minimum Gasteiger partial charge on any atom is -0.467 e. The molecule has 1 saturated heterocycles. The van der Waals surface area contributed by atoms with Gasteiger partial charge in [-0.25, -0.2) is 5.01 Å². The lowest BCUT2D eigenvalue weighted by Gasteiger charge is -2.28. The number of halogens is 1. The average molecular weight is 416 g/mol. The fourth-order valence-electron chi connectivity index (χ4n) is 4.04. The molecule has 1 aromatic heterocycles. The maximum absolute atomic E-state index is 13.1. The average Bonchev–Trinajstić information content (AvgIpc) is 3.39. The van der Waals surface area contributed by atoms with Crippen LogP contribution in [0.15, 0.2) is 52.2 Å². The standard InChI is InChI=1S/C21H23ClN4O3/c22-16-5-3-14(4-6-16)17-12-18(19-2-1-11-29-19)26(24-17)20(27)13-25-9-7-15(8-10-25)21(23)28/h1-6,11,15,18H,7-10,12-13H2,(H2,23,28)/p+1/t18-/m1/s1. The Morgan fingerprint density at radius 3 is 2.55 bits per heavy atom. The third kappa shape index (κ3) is 4.36. The second kappa shape index (κ2) is 8.39. The number of amides is 2. The summed E-state index contributed by atoms with van der Waals surface area (Å²) in [5.74, 6) is 0.340. The second-order valence-electron chi connectivity index (χ2n) is 7.63. The van der Waals surface area contributed by atoms with Crippen molar-refractivity contribution in [1.29, 1.82) is 0 Å².